The Balaban J connectivity index is 1.68. The number of carbonyl (C=O) groups excluding carboxylic acids is 2. The molecule has 0 aromatic heterocycles. The Hall–Kier alpha value is -2.53. The smallest absolute Gasteiger partial charge is 0.322 e. The predicted octanol–water partition coefficient (Wildman–Crippen LogP) is 5.59. The van der Waals surface area contributed by atoms with Gasteiger partial charge in [0.15, 0.2) is 0 Å². The van der Waals surface area contributed by atoms with Crippen LogP contribution in [0.3, 0.4) is 0 Å². The van der Waals surface area contributed by atoms with Crippen molar-refractivity contribution in [1.82, 2.24) is 4.90 Å². The minimum Gasteiger partial charge on any atom is -0.466 e. The first kappa shape index (κ1) is 21.2. The molecule has 1 N–H and O–H groups in total. The normalized spacial score (nSPS) is 16.8. The Morgan fingerprint density at radius 2 is 1.79 bits per heavy atom. The number of ether oxygens (including phenoxy) is 1. The Kier molecular flexibility index (Phi) is 7.53. The Morgan fingerprint density at radius 1 is 1.07 bits per heavy atom. The van der Waals surface area contributed by atoms with Crippen LogP contribution < -0.4 is 5.32 Å². The van der Waals surface area contributed by atoms with E-state index in [4.69, 9.17) is 16.3 Å². The van der Waals surface area contributed by atoms with Crippen molar-refractivity contribution >= 4 is 29.3 Å². The fourth-order valence-corrected chi connectivity index (χ4v) is 3.79. The molecule has 1 fully saturated rings. The molecule has 6 heteroatoms. The summed E-state index contributed by atoms with van der Waals surface area (Å²) in [5, 5.41) is 3.70. The van der Waals surface area contributed by atoms with Gasteiger partial charge in [0.2, 0.25) is 0 Å². The van der Waals surface area contributed by atoms with Crippen molar-refractivity contribution < 1.29 is 14.3 Å². The van der Waals surface area contributed by atoms with Gasteiger partial charge >= 0.3 is 12.0 Å². The number of nitrogens with zero attached hydrogens (tertiary/aromatic N) is 1. The third-order valence-corrected chi connectivity index (χ3v) is 5.38. The molecule has 1 atom stereocenters. The second kappa shape index (κ2) is 10.3. The number of halogens is 1. The molecule has 0 bridgehead atoms. The van der Waals surface area contributed by atoms with Gasteiger partial charge in [0.1, 0.15) is 0 Å². The highest BCUT2D eigenvalue weighted by atomic mass is 35.5. The molecule has 2 aromatic rings. The Labute approximate surface area is 177 Å². The molecule has 0 aliphatic carbocycles. The van der Waals surface area contributed by atoms with Crippen LogP contribution in [0.1, 0.15) is 49.8 Å². The van der Waals surface area contributed by atoms with Crippen LogP contribution in [0, 0.1) is 0 Å². The molecule has 0 saturated carbocycles. The monoisotopic (exact) mass is 414 g/mol. The maximum Gasteiger partial charge on any atom is 0.322 e. The van der Waals surface area contributed by atoms with Gasteiger partial charge in [-0.2, -0.15) is 0 Å². The summed E-state index contributed by atoms with van der Waals surface area (Å²) in [5.41, 5.74) is 2.67. The van der Waals surface area contributed by atoms with E-state index < -0.39 is 0 Å². The van der Waals surface area contributed by atoms with Crippen LogP contribution in [0.5, 0.6) is 0 Å². The number of amides is 2. The van der Waals surface area contributed by atoms with Gasteiger partial charge in [-0.05, 0) is 55.2 Å². The first-order valence-electron chi connectivity index (χ1n) is 10.1. The number of carbonyl (C=O) groups is 2. The standard InChI is InChI=1S/C23H27ClN2O3/c1-2-29-22(27)16-17-7-13-20(14-8-17)25-23(28)26-15-5-3-4-6-21(26)18-9-11-19(24)12-10-18/h7-14,21H,2-6,15-16H2,1H3,(H,25,28). The quantitative estimate of drug-likeness (QED) is 0.648. The van der Waals surface area contributed by atoms with Gasteiger partial charge in [-0.1, -0.05) is 48.7 Å². The summed E-state index contributed by atoms with van der Waals surface area (Å²) in [4.78, 5) is 26.6. The number of hydrogen-bond acceptors (Lipinski definition) is 3. The third-order valence-electron chi connectivity index (χ3n) is 5.13. The van der Waals surface area contributed by atoms with Crippen LogP contribution in [0.4, 0.5) is 10.5 Å². The van der Waals surface area contributed by atoms with Crippen molar-refractivity contribution in [2.75, 3.05) is 18.5 Å². The first-order chi connectivity index (χ1) is 14.1. The zero-order valence-corrected chi connectivity index (χ0v) is 17.5. The predicted molar refractivity (Wildman–Crippen MR) is 115 cm³/mol. The maximum atomic E-state index is 13.0. The molecule has 1 unspecified atom stereocenters. The van der Waals surface area contributed by atoms with Crippen molar-refractivity contribution in [3.8, 4) is 0 Å². The van der Waals surface area contributed by atoms with Gasteiger partial charge in [0.05, 0.1) is 19.1 Å². The van der Waals surface area contributed by atoms with Gasteiger partial charge in [0.25, 0.3) is 0 Å². The maximum absolute atomic E-state index is 13.0. The fourth-order valence-electron chi connectivity index (χ4n) is 3.66. The highest BCUT2D eigenvalue weighted by molar-refractivity contribution is 6.30. The molecule has 1 saturated heterocycles. The van der Waals surface area contributed by atoms with E-state index in [0.717, 1.165) is 43.4 Å². The molecular formula is C23H27ClN2O3. The fraction of sp³-hybridized carbons (Fsp3) is 0.391. The first-order valence-corrected chi connectivity index (χ1v) is 10.5. The third kappa shape index (κ3) is 5.97. The minimum atomic E-state index is -0.250. The Morgan fingerprint density at radius 3 is 2.48 bits per heavy atom. The van der Waals surface area contributed by atoms with E-state index in [1.54, 1.807) is 6.92 Å². The highest BCUT2D eigenvalue weighted by Gasteiger charge is 2.26. The molecule has 1 aliphatic rings. The second-order valence-electron chi connectivity index (χ2n) is 7.22. The largest absolute Gasteiger partial charge is 0.466 e. The number of urea groups is 1. The number of benzene rings is 2. The van der Waals surface area contributed by atoms with Gasteiger partial charge in [-0.3, -0.25) is 4.79 Å². The molecule has 1 aliphatic heterocycles. The zero-order valence-electron chi connectivity index (χ0n) is 16.7. The summed E-state index contributed by atoms with van der Waals surface area (Å²) >= 11 is 6.03. The Bertz CT molecular complexity index is 821. The van der Waals surface area contributed by atoms with Crippen molar-refractivity contribution in [2.24, 2.45) is 0 Å². The molecule has 3 rings (SSSR count). The van der Waals surface area contributed by atoms with Crippen LogP contribution in [-0.2, 0) is 16.0 Å². The van der Waals surface area contributed by atoms with Crippen LogP contribution in [0.2, 0.25) is 5.02 Å². The molecule has 5 nitrogen and oxygen atoms in total. The summed E-state index contributed by atoms with van der Waals surface area (Å²) in [7, 11) is 0. The molecule has 2 aromatic carbocycles. The summed E-state index contributed by atoms with van der Waals surface area (Å²) in [5.74, 6) is -0.250. The van der Waals surface area contributed by atoms with Crippen molar-refractivity contribution in [3.05, 3.63) is 64.7 Å². The van der Waals surface area contributed by atoms with Crippen LogP contribution in [-0.4, -0.2) is 30.1 Å². The summed E-state index contributed by atoms with van der Waals surface area (Å²) in [6.45, 7) is 2.88. The van der Waals surface area contributed by atoms with E-state index >= 15 is 0 Å². The number of rotatable bonds is 5. The summed E-state index contributed by atoms with van der Waals surface area (Å²) < 4.78 is 4.97. The summed E-state index contributed by atoms with van der Waals surface area (Å²) in [6, 6.07) is 15.0. The number of likely N-dealkylation sites (tertiary alicyclic amines) is 1. The molecule has 1 heterocycles. The SMILES string of the molecule is CCOC(=O)Cc1ccc(NC(=O)N2CCCCCC2c2ccc(Cl)cc2)cc1. The lowest BCUT2D eigenvalue weighted by molar-refractivity contribution is -0.142. The number of hydrogen-bond donors (Lipinski definition) is 1. The van der Waals surface area contributed by atoms with E-state index in [-0.39, 0.29) is 24.5 Å². The summed E-state index contributed by atoms with van der Waals surface area (Å²) in [6.07, 6.45) is 4.38. The number of anilines is 1. The molecule has 2 amide bonds. The lowest BCUT2D eigenvalue weighted by Gasteiger charge is -2.30. The number of nitrogens with one attached hydrogen (secondary N) is 1. The van der Waals surface area contributed by atoms with Gasteiger partial charge in [-0.25, -0.2) is 4.79 Å². The lowest BCUT2D eigenvalue weighted by Crippen LogP contribution is -2.38. The van der Waals surface area contributed by atoms with E-state index in [9.17, 15) is 9.59 Å². The number of esters is 1. The van der Waals surface area contributed by atoms with E-state index in [1.807, 2.05) is 53.4 Å². The highest BCUT2D eigenvalue weighted by Crippen LogP contribution is 2.31. The minimum absolute atomic E-state index is 0.0397. The topological polar surface area (TPSA) is 58.6 Å². The van der Waals surface area contributed by atoms with E-state index in [1.165, 1.54) is 0 Å². The van der Waals surface area contributed by atoms with Crippen LogP contribution >= 0.6 is 11.6 Å². The zero-order chi connectivity index (χ0) is 20.6. The van der Waals surface area contributed by atoms with Crippen LogP contribution in [0.25, 0.3) is 0 Å². The van der Waals surface area contributed by atoms with Crippen LogP contribution in [0.15, 0.2) is 48.5 Å². The average Bonchev–Trinajstić information content (AvgIpc) is 2.96. The van der Waals surface area contributed by atoms with Crippen molar-refractivity contribution in [1.29, 1.82) is 0 Å². The molecule has 0 spiro atoms. The van der Waals surface area contributed by atoms with Crippen molar-refractivity contribution in [3.63, 3.8) is 0 Å². The molecular weight excluding hydrogens is 388 g/mol. The van der Waals surface area contributed by atoms with Gasteiger partial charge in [0, 0.05) is 17.3 Å². The molecule has 0 radical (unpaired) electrons. The van der Waals surface area contributed by atoms with Crippen molar-refractivity contribution in [2.45, 2.75) is 45.1 Å². The van der Waals surface area contributed by atoms with E-state index in [2.05, 4.69) is 5.32 Å². The van der Waals surface area contributed by atoms with E-state index in [0.29, 0.717) is 17.3 Å². The molecule has 29 heavy (non-hydrogen) atoms. The van der Waals surface area contributed by atoms with Gasteiger partial charge in [-0.15, -0.1) is 0 Å². The second-order valence-corrected chi connectivity index (χ2v) is 7.66. The lowest BCUT2D eigenvalue weighted by atomic mass is 10.0. The van der Waals surface area contributed by atoms with Gasteiger partial charge < -0.3 is 15.0 Å². The molecule has 154 valence electrons. The average molecular weight is 415 g/mol.